The zero-order valence-corrected chi connectivity index (χ0v) is 26.6. The zero-order valence-electron chi connectivity index (χ0n) is 26.6. The number of rotatable bonds is 19. The van der Waals surface area contributed by atoms with E-state index in [9.17, 15) is 24.3 Å². The molecule has 0 radical (unpaired) electrons. The van der Waals surface area contributed by atoms with E-state index in [-0.39, 0.29) is 43.9 Å². The van der Waals surface area contributed by atoms with Gasteiger partial charge in [0.05, 0.1) is 6.04 Å². The molecule has 0 saturated heterocycles. The molecule has 0 aromatic heterocycles. The second kappa shape index (κ2) is 19.0. The fourth-order valence-electron chi connectivity index (χ4n) is 5.01. The van der Waals surface area contributed by atoms with Gasteiger partial charge in [0, 0.05) is 19.4 Å². The van der Waals surface area contributed by atoms with Gasteiger partial charge < -0.3 is 49.7 Å². The first-order chi connectivity index (χ1) is 21.8. The Bertz CT molecular complexity index is 1330. The monoisotopic (exact) mass is 639 g/mol. The van der Waals surface area contributed by atoms with E-state index < -0.39 is 47.8 Å². The van der Waals surface area contributed by atoms with Crippen molar-refractivity contribution in [2.24, 2.45) is 33.7 Å². The zero-order chi connectivity index (χ0) is 34.2. The highest BCUT2D eigenvalue weighted by Crippen LogP contribution is 2.22. The largest absolute Gasteiger partial charge is 0.508 e. The van der Waals surface area contributed by atoms with E-state index in [1.165, 1.54) is 0 Å². The maximum atomic E-state index is 13.8. The number of guanidine groups is 1. The minimum absolute atomic E-state index is 0.0608. The van der Waals surface area contributed by atoms with Crippen molar-refractivity contribution in [3.8, 4) is 5.75 Å². The molecule has 14 N–H and O–H groups in total. The number of amides is 4. The first kappa shape index (κ1) is 37.5. The van der Waals surface area contributed by atoms with Crippen molar-refractivity contribution in [3.63, 3.8) is 0 Å². The topological polar surface area (TPSA) is 267 Å². The molecular weight excluding hydrogens is 590 g/mol. The lowest BCUT2D eigenvalue weighted by atomic mass is 9.95. The summed E-state index contributed by atoms with van der Waals surface area (Å²) in [4.78, 5) is 56.6. The molecule has 0 heterocycles. The van der Waals surface area contributed by atoms with Crippen LogP contribution in [0.2, 0.25) is 0 Å². The van der Waals surface area contributed by atoms with Gasteiger partial charge >= 0.3 is 0 Å². The lowest BCUT2D eigenvalue weighted by Crippen LogP contribution is -2.58. The molecule has 0 aliphatic rings. The number of benzene rings is 2. The number of nitrogens with one attached hydrogen (secondary N) is 3. The molecule has 14 nitrogen and oxygen atoms in total. The Morgan fingerprint density at radius 3 is 1.96 bits per heavy atom. The fourth-order valence-corrected chi connectivity index (χ4v) is 5.01. The van der Waals surface area contributed by atoms with Gasteiger partial charge in [-0.1, -0.05) is 30.3 Å². The van der Waals surface area contributed by atoms with E-state index in [4.69, 9.17) is 28.7 Å². The molecule has 0 aliphatic carbocycles. The Morgan fingerprint density at radius 2 is 1.37 bits per heavy atom. The second-order valence-electron chi connectivity index (χ2n) is 11.4. The van der Waals surface area contributed by atoms with E-state index >= 15 is 0 Å². The summed E-state index contributed by atoms with van der Waals surface area (Å²) in [6.07, 6.45) is 2.27. The average molecular weight is 640 g/mol. The lowest BCUT2D eigenvalue weighted by molar-refractivity contribution is -0.133. The molecule has 4 atom stereocenters. The summed E-state index contributed by atoms with van der Waals surface area (Å²) in [6, 6.07) is 8.07. The molecule has 0 unspecified atom stereocenters. The number of aliphatic imine (C=N–C) groups is 1. The van der Waals surface area contributed by atoms with Gasteiger partial charge in [0.1, 0.15) is 23.9 Å². The third-order valence-electron chi connectivity index (χ3n) is 7.55. The molecular formula is C32H49N9O5. The van der Waals surface area contributed by atoms with Crippen molar-refractivity contribution in [3.05, 3.63) is 64.7 Å². The quantitative estimate of drug-likeness (QED) is 0.0530. The van der Waals surface area contributed by atoms with Gasteiger partial charge in [-0.25, -0.2) is 0 Å². The van der Waals surface area contributed by atoms with Crippen LogP contribution in [0, 0.1) is 13.8 Å². The first-order valence-corrected chi connectivity index (χ1v) is 15.4. The maximum Gasteiger partial charge on any atom is 0.243 e. The van der Waals surface area contributed by atoms with Crippen LogP contribution in [-0.2, 0) is 32.0 Å². The number of phenols is 1. The van der Waals surface area contributed by atoms with Crippen molar-refractivity contribution in [2.75, 3.05) is 13.1 Å². The molecule has 0 saturated carbocycles. The number of hydrogen-bond donors (Lipinski definition) is 9. The first-order valence-electron chi connectivity index (χ1n) is 15.4. The Labute approximate surface area is 269 Å². The van der Waals surface area contributed by atoms with E-state index in [0.29, 0.717) is 36.9 Å². The van der Waals surface area contributed by atoms with Crippen LogP contribution in [0.5, 0.6) is 5.75 Å². The molecule has 14 heteroatoms. The summed E-state index contributed by atoms with van der Waals surface area (Å²) >= 11 is 0. The number of primary amides is 1. The minimum Gasteiger partial charge on any atom is -0.508 e. The molecule has 0 fully saturated rings. The number of nitrogens with two attached hydrogens (primary N) is 5. The number of unbranched alkanes of at least 4 members (excludes halogenated alkanes) is 1. The highest BCUT2D eigenvalue weighted by atomic mass is 16.3. The molecule has 0 spiro atoms. The van der Waals surface area contributed by atoms with Crippen molar-refractivity contribution in [2.45, 2.75) is 83.0 Å². The van der Waals surface area contributed by atoms with Crippen LogP contribution in [0.25, 0.3) is 0 Å². The van der Waals surface area contributed by atoms with Crippen molar-refractivity contribution >= 4 is 29.6 Å². The molecule has 4 amide bonds. The SMILES string of the molecule is Cc1cc(O)cc(C)c1C[C@@H](NC(=O)[C@@H](N)CCCN=C(N)N)C(=O)N[C@@H](CCCCN)C(=O)N[C@H](Cc1ccccc1)C(N)=O. The van der Waals surface area contributed by atoms with Crippen LogP contribution in [0.4, 0.5) is 0 Å². The number of carbonyl (C=O) groups excluding carboxylic acids is 4. The maximum absolute atomic E-state index is 13.8. The predicted molar refractivity (Wildman–Crippen MR) is 177 cm³/mol. The Hall–Kier alpha value is -4.69. The summed E-state index contributed by atoms with van der Waals surface area (Å²) in [5.74, 6) is -2.51. The molecule has 2 rings (SSSR count). The molecule has 2 aromatic carbocycles. The average Bonchev–Trinajstić information content (AvgIpc) is 2.99. The number of carbonyl (C=O) groups is 4. The normalized spacial score (nSPS) is 13.5. The van der Waals surface area contributed by atoms with Crippen LogP contribution in [0.15, 0.2) is 47.5 Å². The van der Waals surface area contributed by atoms with Crippen molar-refractivity contribution in [1.82, 2.24) is 16.0 Å². The summed E-state index contributed by atoms with van der Waals surface area (Å²) in [5.41, 5.74) is 31.1. The van der Waals surface area contributed by atoms with E-state index in [1.807, 2.05) is 30.3 Å². The molecule has 0 aliphatic heterocycles. The van der Waals surface area contributed by atoms with Crippen LogP contribution < -0.4 is 44.6 Å². The number of phenolic OH excluding ortho intramolecular Hbond substituents is 1. The molecule has 46 heavy (non-hydrogen) atoms. The number of aromatic hydroxyl groups is 1. The predicted octanol–water partition coefficient (Wildman–Crippen LogP) is -0.756. The highest BCUT2D eigenvalue weighted by Gasteiger charge is 2.30. The standard InChI is InChI=1S/C32H49N9O5/c1-19-15-22(42)16-20(2)23(19)18-27(41-29(44)24(34)11-8-14-38-32(36)37)31(46)39-25(12-6-7-13-33)30(45)40-26(28(35)43)17-21-9-4-3-5-10-21/h3-5,9-10,15-16,24-27,42H,6-8,11-14,17-18,33-34H2,1-2H3,(H2,35,43)(H,39,46)(H,40,45)(H,41,44)(H4,36,37,38)/t24-,25-,26+,27+/m0/s1. The third kappa shape index (κ3) is 12.7. The van der Waals surface area contributed by atoms with E-state index in [1.54, 1.807) is 26.0 Å². The van der Waals surface area contributed by atoms with Gasteiger partial charge in [0.25, 0.3) is 0 Å². The van der Waals surface area contributed by atoms with Crippen molar-refractivity contribution in [1.29, 1.82) is 0 Å². The van der Waals surface area contributed by atoms with Gasteiger partial charge in [-0.05, 0) is 86.9 Å². The lowest BCUT2D eigenvalue weighted by Gasteiger charge is -2.26. The number of nitrogens with zero attached hydrogens (tertiary/aromatic N) is 1. The Kier molecular flexibility index (Phi) is 15.5. The smallest absolute Gasteiger partial charge is 0.243 e. The fraction of sp³-hybridized carbons (Fsp3) is 0.469. The molecule has 252 valence electrons. The highest BCUT2D eigenvalue weighted by molar-refractivity contribution is 5.94. The van der Waals surface area contributed by atoms with Gasteiger partial charge in [-0.15, -0.1) is 0 Å². The Balaban J connectivity index is 2.30. The van der Waals surface area contributed by atoms with Crippen LogP contribution in [0.3, 0.4) is 0 Å². The minimum atomic E-state index is -1.13. The van der Waals surface area contributed by atoms with Gasteiger partial charge in [-0.3, -0.25) is 24.2 Å². The van der Waals surface area contributed by atoms with Crippen molar-refractivity contribution < 1.29 is 24.3 Å². The van der Waals surface area contributed by atoms with E-state index in [2.05, 4.69) is 20.9 Å². The molecule has 2 aromatic rings. The summed E-state index contributed by atoms with van der Waals surface area (Å²) in [6.45, 7) is 4.25. The third-order valence-corrected chi connectivity index (χ3v) is 7.55. The van der Waals surface area contributed by atoms with Crippen LogP contribution in [-0.4, -0.2) is 72.0 Å². The van der Waals surface area contributed by atoms with Crippen LogP contribution in [0.1, 0.15) is 54.4 Å². The van der Waals surface area contributed by atoms with Gasteiger partial charge in [-0.2, -0.15) is 0 Å². The number of hydrogen-bond acceptors (Lipinski definition) is 8. The summed E-state index contributed by atoms with van der Waals surface area (Å²) < 4.78 is 0. The Morgan fingerprint density at radius 1 is 0.783 bits per heavy atom. The molecule has 0 bridgehead atoms. The van der Waals surface area contributed by atoms with Gasteiger partial charge in [0.15, 0.2) is 5.96 Å². The summed E-state index contributed by atoms with van der Waals surface area (Å²) in [7, 11) is 0. The van der Waals surface area contributed by atoms with Gasteiger partial charge in [0.2, 0.25) is 23.6 Å². The number of aryl methyl sites for hydroxylation is 2. The second-order valence-corrected chi connectivity index (χ2v) is 11.4. The van der Waals surface area contributed by atoms with Crippen LogP contribution >= 0.6 is 0 Å². The summed E-state index contributed by atoms with van der Waals surface area (Å²) in [5, 5.41) is 18.2. The van der Waals surface area contributed by atoms with E-state index in [0.717, 1.165) is 11.1 Å².